The summed E-state index contributed by atoms with van der Waals surface area (Å²) < 4.78 is 1.73. The van der Waals surface area contributed by atoms with Gasteiger partial charge in [0.1, 0.15) is 0 Å². The third-order valence-corrected chi connectivity index (χ3v) is 4.89. The SMILES string of the molecule is Cc1c(C(=O)N2CCC(CN)C2)nnn1-c1cccc2cnccc12. The van der Waals surface area contributed by atoms with Crippen molar-refractivity contribution in [1.29, 1.82) is 0 Å². The number of amides is 1. The average molecular weight is 336 g/mol. The Morgan fingerprint density at radius 2 is 2.24 bits per heavy atom. The molecule has 1 aromatic carbocycles. The van der Waals surface area contributed by atoms with Crippen molar-refractivity contribution in [3.63, 3.8) is 0 Å². The maximum atomic E-state index is 12.8. The molecule has 3 heterocycles. The Labute approximate surface area is 145 Å². The molecule has 7 nitrogen and oxygen atoms in total. The molecule has 7 heteroatoms. The Morgan fingerprint density at radius 1 is 1.36 bits per heavy atom. The number of hydrogen-bond donors (Lipinski definition) is 1. The molecule has 25 heavy (non-hydrogen) atoms. The van der Waals surface area contributed by atoms with E-state index in [1.54, 1.807) is 10.9 Å². The van der Waals surface area contributed by atoms with Gasteiger partial charge < -0.3 is 10.6 Å². The van der Waals surface area contributed by atoms with E-state index in [4.69, 9.17) is 5.73 Å². The lowest BCUT2D eigenvalue weighted by molar-refractivity contribution is 0.0781. The number of nitrogens with zero attached hydrogens (tertiary/aromatic N) is 5. The highest BCUT2D eigenvalue weighted by Crippen LogP contribution is 2.24. The zero-order chi connectivity index (χ0) is 17.4. The van der Waals surface area contributed by atoms with Gasteiger partial charge in [-0.25, -0.2) is 4.68 Å². The molecule has 1 atom stereocenters. The van der Waals surface area contributed by atoms with Gasteiger partial charge in [0.05, 0.1) is 11.4 Å². The number of nitrogens with two attached hydrogens (primary N) is 1. The quantitative estimate of drug-likeness (QED) is 0.783. The predicted molar refractivity (Wildman–Crippen MR) is 94.5 cm³/mol. The standard InChI is InChI=1S/C18H20N6O/c1-12-17(18(25)23-8-6-13(9-19)11-23)21-22-24(12)16-4-2-3-14-10-20-7-5-15(14)16/h2-5,7,10,13H,6,8-9,11,19H2,1H3. The highest BCUT2D eigenvalue weighted by atomic mass is 16.2. The number of likely N-dealkylation sites (tertiary alicyclic amines) is 1. The van der Waals surface area contributed by atoms with Crippen molar-refractivity contribution in [3.8, 4) is 5.69 Å². The molecule has 3 aromatic rings. The minimum atomic E-state index is -0.0680. The molecule has 0 aliphatic carbocycles. The van der Waals surface area contributed by atoms with Gasteiger partial charge in [0.2, 0.25) is 0 Å². The summed E-state index contributed by atoms with van der Waals surface area (Å²) >= 11 is 0. The number of carbonyl (C=O) groups excluding carboxylic acids is 1. The third-order valence-electron chi connectivity index (χ3n) is 4.89. The van der Waals surface area contributed by atoms with Crippen LogP contribution in [0.3, 0.4) is 0 Å². The first-order chi connectivity index (χ1) is 12.2. The van der Waals surface area contributed by atoms with E-state index < -0.39 is 0 Å². The van der Waals surface area contributed by atoms with Crippen molar-refractivity contribution >= 4 is 16.7 Å². The number of fused-ring (bicyclic) bond motifs is 1. The van der Waals surface area contributed by atoms with E-state index in [1.807, 2.05) is 42.3 Å². The molecule has 1 aliphatic heterocycles. The molecule has 128 valence electrons. The van der Waals surface area contributed by atoms with Crippen LogP contribution in [0, 0.1) is 12.8 Å². The van der Waals surface area contributed by atoms with Gasteiger partial charge in [-0.1, -0.05) is 17.3 Å². The second-order valence-corrected chi connectivity index (χ2v) is 6.45. The summed E-state index contributed by atoms with van der Waals surface area (Å²) in [6, 6.07) is 7.87. The van der Waals surface area contributed by atoms with Gasteiger partial charge in [0.25, 0.3) is 5.91 Å². The van der Waals surface area contributed by atoms with Crippen LogP contribution in [0.4, 0.5) is 0 Å². The summed E-state index contributed by atoms with van der Waals surface area (Å²) in [5, 5.41) is 10.5. The van der Waals surface area contributed by atoms with Gasteiger partial charge in [-0.15, -0.1) is 5.10 Å². The fraction of sp³-hybridized carbons (Fsp3) is 0.333. The van der Waals surface area contributed by atoms with E-state index >= 15 is 0 Å². The number of pyridine rings is 1. The number of hydrogen-bond acceptors (Lipinski definition) is 5. The van der Waals surface area contributed by atoms with E-state index in [9.17, 15) is 4.79 Å². The van der Waals surface area contributed by atoms with Gasteiger partial charge >= 0.3 is 0 Å². The van der Waals surface area contributed by atoms with E-state index in [-0.39, 0.29) is 5.91 Å². The lowest BCUT2D eigenvalue weighted by Gasteiger charge is -2.15. The van der Waals surface area contributed by atoms with Gasteiger partial charge in [0, 0.05) is 36.3 Å². The van der Waals surface area contributed by atoms with Crippen LogP contribution in [0.15, 0.2) is 36.7 Å². The minimum absolute atomic E-state index is 0.0680. The first kappa shape index (κ1) is 15.7. The number of benzene rings is 1. The Bertz CT molecular complexity index is 929. The molecule has 4 rings (SSSR count). The third kappa shape index (κ3) is 2.66. The van der Waals surface area contributed by atoms with Crippen molar-refractivity contribution < 1.29 is 4.79 Å². The Kier molecular flexibility index (Phi) is 3.93. The summed E-state index contributed by atoms with van der Waals surface area (Å²) in [7, 11) is 0. The molecule has 1 amide bonds. The molecular weight excluding hydrogens is 316 g/mol. The summed E-state index contributed by atoms with van der Waals surface area (Å²) in [4.78, 5) is 18.8. The predicted octanol–water partition coefficient (Wildman–Crippen LogP) is 1.54. The molecule has 2 aromatic heterocycles. The highest BCUT2D eigenvalue weighted by Gasteiger charge is 2.29. The van der Waals surface area contributed by atoms with Crippen LogP contribution >= 0.6 is 0 Å². The van der Waals surface area contributed by atoms with Crippen LogP contribution in [0.2, 0.25) is 0 Å². The van der Waals surface area contributed by atoms with Crippen molar-refractivity contribution in [3.05, 3.63) is 48.0 Å². The molecule has 1 saturated heterocycles. The highest BCUT2D eigenvalue weighted by molar-refractivity contribution is 5.94. The molecule has 1 fully saturated rings. The van der Waals surface area contributed by atoms with Crippen molar-refractivity contribution in [1.82, 2.24) is 24.9 Å². The van der Waals surface area contributed by atoms with E-state index in [0.29, 0.717) is 24.7 Å². The maximum absolute atomic E-state index is 12.8. The van der Waals surface area contributed by atoms with Crippen molar-refractivity contribution in [2.24, 2.45) is 11.7 Å². The molecule has 0 spiro atoms. The van der Waals surface area contributed by atoms with Gasteiger partial charge in [-0.05, 0) is 37.9 Å². The normalized spacial score (nSPS) is 17.4. The van der Waals surface area contributed by atoms with Crippen LogP contribution in [-0.4, -0.2) is 50.4 Å². The summed E-state index contributed by atoms with van der Waals surface area (Å²) in [5.41, 5.74) is 7.76. The molecular formula is C18H20N6O. The topological polar surface area (TPSA) is 89.9 Å². The van der Waals surface area contributed by atoms with E-state index in [1.165, 1.54) is 0 Å². The Morgan fingerprint density at radius 3 is 3.04 bits per heavy atom. The summed E-state index contributed by atoms with van der Waals surface area (Å²) in [6.45, 7) is 3.91. The molecule has 0 bridgehead atoms. The van der Waals surface area contributed by atoms with Crippen LogP contribution < -0.4 is 5.73 Å². The van der Waals surface area contributed by atoms with Crippen LogP contribution in [0.25, 0.3) is 16.5 Å². The first-order valence-electron chi connectivity index (χ1n) is 8.44. The lowest BCUT2D eigenvalue weighted by Crippen LogP contribution is -2.30. The maximum Gasteiger partial charge on any atom is 0.276 e. The van der Waals surface area contributed by atoms with E-state index in [0.717, 1.165) is 35.1 Å². The zero-order valence-electron chi connectivity index (χ0n) is 14.1. The fourth-order valence-corrected chi connectivity index (χ4v) is 3.40. The lowest BCUT2D eigenvalue weighted by atomic mass is 10.1. The van der Waals surface area contributed by atoms with E-state index in [2.05, 4.69) is 15.3 Å². The summed E-state index contributed by atoms with van der Waals surface area (Å²) in [6.07, 6.45) is 4.52. The average Bonchev–Trinajstić information content (AvgIpc) is 3.27. The smallest absolute Gasteiger partial charge is 0.276 e. The second kappa shape index (κ2) is 6.25. The van der Waals surface area contributed by atoms with Crippen LogP contribution in [0.5, 0.6) is 0 Å². The molecule has 0 radical (unpaired) electrons. The number of rotatable bonds is 3. The molecule has 1 aliphatic rings. The van der Waals surface area contributed by atoms with Crippen LogP contribution in [0.1, 0.15) is 22.6 Å². The van der Waals surface area contributed by atoms with Gasteiger partial charge in [0.15, 0.2) is 5.69 Å². The van der Waals surface area contributed by atoms with Crippen molar-refractivity contribution in [2.75, 3.05) is 19.6 Å². The zero-order valence-corrected chi connectivity index (χ0v) is 14.1. The Hall–Kier alpha value is -2.80. The molecule has 1 unspecified atom stereocenters. The summed E-state index contributed by atoms with van der Waals surface area (Å²) in [5.74, 6) is 0.312. The molecule has 0 saturated carbocycles. The monoisotopic (exact) mass is 336 g/mol. The Balaban J connectivity index is 1.71. The number of carbonyl (C=O) groups is 1. The number of aromatic nitrogens is 4. The van der Waals surface area contributed by atoms with Gasteiger partial charge in [-0.3, -0.25) is 9.78 Å². The first-order valence-corrected chi connectivity index (χ1v) is 8.44. The molecule has 2 N–H and O–H groups in total. The largest absolute Gasteiger partial charge is 0.337 e. The second-order valence-electron chi connectivity index (χ2n) is 6.45. The van der Waals surface area contributed by atoms with Crippen molar-refractivity contribution in [2.45, 2.75) is 13.3 Å². The van der Waals surface area contributed by atoms with Gasteiger partial charge in [-0.2, -0.15) is 0 Å². The van der Waals surface area contributed by atoms with Crippen LogP contribution in [-0.2, 0) is 0 Å². The fourth-order valence-electron chi connectivity index (χ4n) is 3.40. The minimum Gasteiger partial charge on any atom is -0.337 e.